The van der Waals surface area contributed by atoms with Crippen LogP contribution >= 0.6 is 0 Å². The third kappa shape index (κ3) is 4.76. The maximum atomic E-state index is 13.0. The number of carbonyl (C=O) groups excluding carboxylic acids is 2. The average Bonchev–Trinajstić information content (AvgIpc) is 3.60. The molecule has 1 unspecified atom stereocenters. The second-order valence-corrected chi connectivity index (χ2v) is 9.30. The molecule has 0 aliphatic carbocycles. The van der Waals surface area contributed by atoms with E-state index in [2.05, 4.69) is 57.5 Å². The summed E-state index contributed by atoms with van der Waals surface area (Å²) in [6.07, 6.45) is 0. The molecule has 2 atom stereocenters. The fraction of sp³-hybridized carbons (Fsp3) is 0.259. The van der Waals surface area contributed by atoms with Crippen molar-refractivity contribution in [2.75, 3.05) is 6.54 Å². The van der Waals surface area contributed by atoms with E-state index in [-0.39, 0.29) is 11.9 Å². The van der Waals surface area contributed by atoms with E-state index in [1.807, 2.05) is 75.4 Å². The van der Waals surface area contributed by atoms with E-state index < -0.39 is 17.1 Å². The van der Waals surface area contributed by atoms with E-state index in [4.69, 9.17) is 0 Å². The molecule has 0 saturated carbocycles. The molecule has 1 heterocycles. The molecule has 33 heavy (non-hydrogen) atoms. The molecule has 170 valence electrons. The summed E-state index contributed by atoms with van der Waals surface area (Å²) >= 11 is 0. The quantitative estimate of drug-likeness (QED) is 0.320. The van der Waals surface area contributed by atoms with Gasteiger partial charge in [0.2, 0.25) is 0 Å². The Balaban J connectivity index is 1.67. The summed E-state index contributed by atoms with van der Waals surface area (Å²) in [6.45, 7) is 6.20. The van der Waals surface area contributed by atoms with Crippen LogP contribution in [-0.2, 0) is 10.3 Å². The lowest BCUT2D eigenvalue weighted by atomic mass is 9.76. The van der Waals surface area contributed by atoms with Crippen LogP contribution in [0.3, 0.4) is 0 Å². The maximum Gasteiger partial charge on any atom is 0.333 e. The van der Waals surface area contributed by atoms with Gasteiger partial charge in [-0.2, -0.15) is 0 Å². The van der Waals surface area contributed by atoms with Gasteiger partial charge in [-0.25, -0.2) is 10.2 Å². The fourth-order valence-corrected chi connectivity index (χ4v) is 4.34. The second-order valence-electron chi connectivity index (χ2n) is 9.30. The summed E-state index contributed by atoms with van der Waals surface area (Å²) in [6, 6.07) is 29.9. The minimum absolute atomic E-state index is 0.244. The van der Waals surface area contributed by atoms with Crippen molar-refractivity contribution in [2.24, 2.45) is 0 Å². The topological polar surface area (TPSA) is 73.2 Å². The van der Waals surface area contributed by atoms with Gasteiger partial charge in [0.15, 0.2) is 0 Å². The highest BCUT2D eigenvalue weighted by Gasteiger charge is 2.56. The van der Waals surface area contributed by atoms with Crippen LogP contribution in [0.25, 0.3) is 0 Å². The Kier molecular flexibility index (Phi) is 6.20. The van der Waals surface area contributed by atoms with E-state index in [9.17, 15) is 9.59 Å². The minimum Gasteiger partial charge on any atom is -0.332 e. The van der Waals surface area contributed by atoms with Crippen molar-refractivity contribution < 1.29 is 9.59 Å². The Hall–Kier alpha value is -3.64. The van der Waals surface area contributed by atoms with Gasteiger partial charge in [0.25, 0.3) is 5.91 Å². The molecule has 0 spiro atoms. The Labute approximate surface area is 195 Å². The molecule has 3 N–H and O–H groups in total. The highest BCUT2D eigenvalue weighted by molar-refractivity contribution is 5.87. The first kappa shape index (κ1) is 22.6. The minimum atomic E-state index is -0.639. The number of hydrazine groups is 1. The fourth-order valence-electron chi connectivity index (χ4n) is 4.34. The van der Waals surface area contributed by atoms with Crippen LogP contribution in [0.2, 0.25) is 0 Å². The van der Waals surface area contributed by atoms with Gasteiger partial charge in [0.05, 0.1) is 5.54 Å². The zero-order valence-electron chi connectivity index (χ0n) is 19.2. The van der Waals surface area contributed by atoms with E-state index >= 15 is 0 Å². The Bertz CT molecular complexity index is 999. The number of hydrogen-bond acceptors (Lipinski definition) is 3. The molecule has 3 aromatic carbocycles. The Morgan fingerprint density at radius 3 is 1.55 bits per heavy atom. The van der Waals surface area contributed by atoms with Crippen LogP contribution in [0.15, 0.2) is 91.0 Å². The molecule has 1 saturated heterocycles. The van der Waals surface area contributed by atoms with E-state index in [1.165, 1.54) is 0 Å². The lowest BCUT2D eigenvalue weighted by molar-refractivity contribution is -0.122. The summed E-state index contributed by atoms with van der Waals surface area (Å²) in [5.74, 6) is -0.244. The van der Waals surface area contributed by atoms with Crippen molar-refractivity contribution >= 4 is 11.9 Å². The molecule has 6 heteroatoms. The van der Waals surface area contributed by atoms with Crippen LogP contribution < -0.4 is 16.2 Å². The molecular weight excluding hydrogens is 412 g/mol. The molecule has 6 nitrogen and oxygen atoms in total. The van der Waals surface area contributed by atoms with Crippen LogP contribution in [0.5, 0.6) is 0 Å². The first-order valence-corrected chi connectivity index (χ1v) is 11.1. The van der Waals surface area contributed by atoms with Gasteiger partial charge >= 0.3 is 6.03 Å². The number of nitrogens with zero attached hydrogens (tertiary/aromatic N) is 1. The molecule has 1 fully saturated rings. The predicted octanol–water partition coefficient (Wildman–Crippen LogP) is 3.79. The highest BCUT2D eigenvalue weighted by Crippen LogP contribution is 2.48. The molecule has 3 aromatic rings. The lowest BCUT2D eigenvalue weighted by Gasteiger charge is -2.38. The maximum absolute atomic E-state index is 13.0. The van der Waals surface area contributed by atoms with Gasteiger partial charge in [-0.3, -0.25) is 15.1 Å². The predicted molar refractivity (Wildman–Crippen MR) is 129 cm³/mol. The van der Waals surface area contributed by atoms with Crippen molar-refractivity contribution in [1.82, 2.24) is 21.1 Å². The molecule has 1 aliphatic rings. The number of benzene rings is 3. The Morgan fingerprint density at radius 1 is 0.727 bits per heavy atom. The van der Waals surface area contributed by atoms with Crippen molar-refractivity contribution in [1.29, 1.82) is 0 Å². The summed E-state index contributed by atoms with van der Waals surface area (Å²) in [7, 11) is 0. The smallest absolute Gasteiger partial charge is 0.332 e. The summed E-state index contributed by atoms with van der Waals surface area (Å²) in [4.78, 5) is 27.3. The zero-order valence-corrected chi connectivity index (χ0v) is 19.2. The SMILES string of the molecule is CC(C)(C)NC(=O)NNC(=O)[C@@H]1CN1C(c1ccccc1)(c1ccccc1)c1ccccc1. The molecule has 1 aliphatic heterocycles. The van der Waals surface area contributed by atoms with Gasteiger partial charge in [0, 0.05) is 12.1 Å². The van der Waals surface area contributed by atoms with Gasteiger partial charge in [-0.15, -0.1) is 0 Å². The third-order valence-corrected chi connectivity index (χ3v) is 5.71. The lowest BCUT2D eigenvalue weighted by Crippen LogP contribution is -2.53. The van der Waals surface area contributed by atoms with Crippen molar-refractivity contribution in [3.8, 4) is 0 Å². The molecule has 3 amide bonds. The normalized spacial score (nSPS) is 17.7. The first-order valence-electron chi connectivity index (χ1n) is 11.1. The Morgan fingerprint density at radius 2 is 1.15 bits per heavy atom. The van der Waals surface area contributed by atoms with Gasteiger partial charge in [-0.1, -0.05) is 91.0 Å². The summed E-state index contributed by atoms with van der Waals surface area (Å²) < 4.78 is 0. The van der Waals surface area contributed by atoms with E-state index in [0.29, 0.717) is 6.54 Å². The molecule has 4 rings (SSSR count). The molecule has 0 bridgehead atoms. The number of carbonyl (C=O) groups is 2. The summed E-state index contributed by atoms with van der Waals surface area (Å²) in [5, 5.41) is 2.77. The molecule has 0 radical (unpaired) electrons. The second kappa shape index (κ2) is 9.08. The summed E-state index contributed by atoms with van der Waals surface area (Å²) in [5.41, 5.74) is 7.26. The number of amides is 3. The monoisotopic (exact) mass is 442 g/mol. The number of rotatable bonds is 5. The largest absolute Gasteiger partial charge is 0.333 e. The van der Waals surface area contributed by atoms with Crippen LogP contribution in [-0.4, -0.2) is 35.0 Å². The molecule has 0 aromatic heterocycles. The van der Waals surface area contributed by atoms with E-state index in [1.54, 1.807) is 0 Å². The molecular formula is C27H30N4O2. The number of nitrogens with one attached hydrogen (secondary N) is 3. The highest BCUT2D eigenvalue weighted by atomic mass is 16.2. The standard InChI is InChI=1S/C27H30N4O2/c1-26(2,3)28-25(33)30-29-24(32)23-19-31(23)27(20-13-7-4-8-14-20,21-15-9-5-10-16-21)22-17-11-6-12-18-22/h4-18,23H,19H2,1-3H3,(H,29,32)(H2,28,30,33)/t23-,31?/m0/s1. The third-order valence-electron chi connectivity index (χ3n) is 5.71. The van der Waals surface area contributed by atoms with Gasteiger partial charge in [-0.05, 0) is 37.5 Å². The average molecular weight is 443 g/mol. The van der Waals surface area contributed by atoms with Crippen LogP contribution in [0, 0.1) is 0 Å². The van der Waals surface area contributed by atoms with Gasteiger partial charge < -0.3 is 5.32 Å². The van der Waals surface area contributed by atoms with E-state index in [0.717, 1.165) is 16.7 Å². The number of urea groups is 1. The zero-order chi connectivity index (χ0) is 23.5. The van der Waals surface area contributed by atoms with Gasteiger partial charge in [0.1, 0.15) is 6.04 Å². The van der Waals surface area contributed by atoms with Crippen LogP contribution in [0.1, 0.15) is 37.5 Å². The van der Waals surface area contributed by atoms with Crippen molar-refractivity contribution in [3.05, 3.63) is 108 Å². The van der Waals surface area contributed by atoms with Crippen LogP contribution in [0.4, 0.5) is 4.79 Å². The van der Waals surface area contributed by atoms with Crippen molar-refractivity contribution in [3.63, 3.8) is 0 Å². The van der Waals surface area contributed by atoms with Crippen molar-refractivity contribution in [2.45, 2.75) is 37.9 Å². The first-order chi connectivity index (χ1) is 15.8. The number of hydrogen-bond donors (Lipinski definition) is 3.